The van der Waals surface area contributed by atoms with Crippen molar-refractivity contribution in [2.45, 2.75) is 26.2 Å². The average molecular weight is 324 g/mol. The summed E-state index contributed by atoms with van der Waals surface area (Å²) in [5.41, 5.74) is 1.75. The molecule has 0 aliphatic heterocycles. The molecule has 0 saturated carbocycles. The number of anilines is 1. The molecule has 0 radical (unpaired) electrons. The summed E-state index contributed by atoms with van der Waals surface area (Å²) in [4.78, 5) is 10.2. The largest absolute Gasteiger partial charge is 0.416 e. The molecule has 4 nitrogen and oxygen atoms in total. The Kier molecular flexibility index (Phi) is 5.20. The van der Waals surface area contributed by atoms with E-state index in [1.54, 1.807) is 19.3 Å². The Hall–Kier alpha value is -2.15. The number of rotatable bonds is 5. The lowest BCUT2D eigenvalue weighted by molar-refractivity contribution is -0.137. The Morgan fingerprint density at radius 3 is 2.26 bits per heavy atom. The molecule has 2 aromatic rings. The molecule has 0 aliphatic rings. The number of halogens is 3. The normalized spacial score (nSPS) is 11.6. The fourth-order valence-corrected chi connectivity index (χ4v) is 2.08. The van der Waals surface area contributed by atoms with Crippen LogP contribution in [0.1, 0.15) is 22.3 Å². The molecule has 1 heterocycles. The molecule has 1 aromatic heterocycles. The van der Waals surface area contributed by atoms with Gasteiger partial charge in [0.1, 0.15) is 0 Å². The van der Waals surface area contributed by atoms with Crippen LogP contribution in [0.25, 0.3) is 0 Å². The van der Waals surface area contributed by atoms with Crippen LogP contribution in [0.4, 0.5) is 19.1 Å². The third-order valence-corrected chi connectivity index (χ3v) is 3.41. The van der Waals surface area contributed by atoms with E-state index in [2.05, 4.69) is 15.3 Å². The fourth-order valence-electron chi connectivity index (χ4n) is 2.08. The SMILES string of the molecule is Cc1cc(C(F)(F)F)ccc1CNCc1cnc(N(C)C)nc1. The average Bonchev–Trinajstić information content (AvgIpc) is 2.48. The molecular formula is C16H19F3N4. The number of hydrogen-bond donors (Lipinski definition) is 1. The number of alkyl halides is 3. The van der Waals surface area contributed by atoms with Crippen LogP contribution in [0.15, 0.2) is 30.6 Å². The van der Waals surface area contributed by atoms with Crippen LogP contribution in [-0.4, -0.2) is 24.1 Å². The Bertz CT molecular complexity index is 651. The number of hydrogen-bond acceptors (Lipinski definition) is 4. The number of aryl methyl sites for hydroxylation is 1. The van der Waals surface area contributed by atoms with Crippen molar-refractivity contribution in [1.82, 2.24) is 15.3 Å². The third-order valence-electron chi connectivity index (χ3n) is 3.41. The molecule has 0 unspecified atom stereocenters. The monoisotopic (exact) mass is 324 g/mol. The minimum absolute atomic E-state index is 0.486. The van der Waals surface area contributed by atoms with E-state index in [1.807, 2.05) is 19.0 Å². The van der Waals surface area contributed by atoms with E-state index in [4.69, 9.17) is 0 Å². The van der Waals surface area contributed by atoms with Crippen LogP contribution in [0.5, 0.6) is 0 Å². The molecule has 0 amide bonds. The van der Waals surface area contributed by atoms with Crippen molar-refractivity contribution in [2.75, 3.05) is 19.0 Å². The van der Waals surface area contributed by atoms with Crippen molar-refractivity contribution in [2.24, 2.45) is 0 Å². The van der Waals surface area contributed by atoms with Crippen molar-refractivity contribution >= 4 is 5.95 Å². The Balaban J connectivity index is 1.93. The van der Waals surface area contributed by atoms with E-state index in [-0.39, 0.29) is 0 Å². The maximum Gasteiger partial charge on any atom is 0.416 e. The zero-order valence-electron chi connectivity index (χ0n) is 13.3. The second kappa shape index (κ2) is 6.95. The topological polar surface area (TPSA) is 41.1 Å². The number of nitrogens with zero attached hydrogens (tertiary/aromatic N) is 3. The first-order chi connectivity index (χ1) is 10.8. The summed E-state index contributed by atoms with van der Waals surface area (Å²) in [7, 11) is 3.72. The molecule has 0 fully saturated rings. The van der Waals surface area contributed by atoms with E-state index in [0.717, 1.165) is 17.2 Å². The first-order valence-electron chi connectivity index (χ1n) is 7.13. The first kappa shape index (κ1) is 17.2. The van der Waals surface area contributed by atoms with Gasteiger partial charge in [0.05, 0.1) is 5.56 Å². The van der Waals surface area contributed by atoms with Gasteiger partial charge in [-0.15, -0.1) is 0 Å². The fraction of sp³-hybridized carbons (Fsp3) is 0.375. The summed E-state index contributed by atoms with van der Waals surface area (Å²) < 4.78 is 37.9. The molecule has 0 aliphatic carbocycles. The minimum atomic E-state index is -4.30. The minimum Gasteiger partial charge on any atom is -0.347 e. The second-order valence-corrected chi connectivity index (χ2v) is 5.53. The molecule has 124 valence electrons. The van der Waals surface area contributed by atoms with Crippen LogP contribution < -0.4 is 10.2 Å². The van der Waals surface area contributed by atoms with Crippen molar-refractivity contribution in [1.29, 1.82) is 0 Å². The van der Waals surface area contributed by atoms with E-state index in [0.29, 0.717) is 24.6 Å². The highest BCUT2D eigenvalue weighted by Crippen LogP contribution is 2.30. The predicted octanol–water partition coefficient (Wildman–Crippen LogP) is 3.16. The van der Waals surface area contributed by atoms with Gasteiger partial charge < -0.3 is 10.2 Å². The Labute approximate surface area is 133 Å². The Morgan fingerprint density at radius 2 is 1.74 bits per heavy atom. The van der Waals surface area contributed by atoms with Gasteiger partial charge in [0.15, 0.2) is 0 Å². The lowest BCUT2D eigenvalue weighted by Gasteiger charge is -2.12. The standard InChI is InChI=1S/C16H19F3N4/c1-11-6-14(16(17,18)19)5-4-13(11)10-20-7-12-8-21-15(22-9-12)23(2)3/h4-6,8-9,20H,7,10H2,1-3H3. The highest BCUT2D eigenvalue weighted by molar-refractivity contribution is 5.32. The van der Waals surface area contributed by atoms with Crippen molar-refractivity contribution in [3.63, 3.8) is 0 Å². The quantitative estimate of drug-likeness (QED) is 0.917. The summed E-state index contributed by atoms with van der Waals surface area (Å²) in [5, 5.41) is 3.19. The van der Waals surface area contributed by atoms with Crippen molar-refractivity contribution < 1.29 is 13.2 Å². The highest BCUT2D eigenvalue weighted by Gasteiger charge is 2.30. The zero-order valence-corrected chi connectivity index (χ0v) is 13.3. The van der Waals surface area contributed by atoms with E-state index < -0.39 is 11.7 Å². The molecule has 7 heteroatoms. The third kappa shape index (κ3) is 4.66. The van der Waals surface area contributed by atoms with E-state index in [9.17, 15) is 13.2 Å². The lowest BCUT2D eigenvalue weighted by Crippen LogP contribution is -2.16. The molecule has 0 atom stereocenters. The molecule has 1 aromatic carbocycles. The Morgan fingerprint density at radius 1 is 1.09 bits per heavy atom. The molecule has 0 bridgehead atoms. The molecule has 23 heavy (non-hydrogen) atoms. The molecule has 0 saturated heterocycles. The van der Waals surface area contributed by atoms with Crippen LogP contribution in [0, 0.1) is 6.92 Å². The van der Waals surface area contributed by atoms with Gasteiger partial charge in [-0.05, 0) is 30.2 Å². The van der Waals surface area contributed by atoms with Gasteiger partial charge in [-0.3, -0.25) is 0 Å². The second-order valence-electron chi connectivity index (χ2n) is 5.53. The highest BCUT2D eigenvalue weighted by atomic mass is 19.4. The van der Waals surface area contributed by atoms with Gasteiger partial charge >= 0.3 is 6.18 Å². The maximum absolute atomic E-state index is 12.6. The zero-order chi connectivity index (χ0) is 17.0. The van der Waals surface area contributed by atoms with Gasteiger partial charge in [-0.25, -0.2) is 9.97 Å². The van der Waals surface area contributed by atoms with E-state index in [1.165, 1.54) is 12.1 Å². The maximum atomic E-state index is 12.6. The van der Waals surface area contributed by atoms with Crippen LogP contribution in [-0.2, 0) is 19.3 Å². The lowest BCUT2D eigenvalue weighted by atomic mass is 10.0. The summed E-state index contributed by atoms with van der Waals surface area (Å²) in [6.07, 6.45) is -0.841. The van der Waals surface area contributed by atoms with Gasteiger partial charge in [-0.2, -0.15) is 13.2 Å². The van der Waals surface area contributed by atoms with Crippen LogP contribution in [0.3, 0.4) is 0 Å². The van der Waals surface area contributed by atoms with Gasteiger partial charge in [0, 0.05) is 45.1 Å². The van der Waals surface area contributed by atoms with Gasteiger partial charge in [0.25, 0.3) is 0 Å². The first-order valence-corrected chi connectivity index (χ1v) is 7.13. The molecule has 0 spiro atoms. The van der Waals surface area contributed by atoms with Gasteiger partial charge in [-0.1, -0.05) is 6.07 Å². The summed E-state index contributed by atoms with van der Waals surface area (Å²) in [6.45, 7) is 2.72. The summed E-state index contributed by atoms with van der Waals surface area (Å²) >= 11 is 0. The predicted molar refractivity (Wildman–Crippen MR) is 83.1 cm³/mol. The number of nitrogens with one attached hydrogen (secondary N) is 1. The number of aromatic nitrogens is 2. The van der Waals surface area contributed by atoms with Crippen LogP contribution >= 0.6 is 0 Å². The van der Waals surface area contributed by atoms with E-state index >= 15 is 0 Å². The van der Waals surface area contributed by atoms with Crippen LogP contribution in [0.2, 0.25) is 0 Å². The summed E-state index contributed by atoms with van der Waals surface area (Å²) in [5.74, 6) is 0.632. The molecular weight excluding hydrogens is 305 g/mol. The summed E-state index contributed by atoms with van der Waals surface area (Å²) in [6, 6.07) is 3.79. The van der Waals surface area contributed by atoms with Crippen molar-refractivity contribution in [3.8, 4) is 0 Å². The molecule has 2 rings (SSSR count). The van der Waals surface area contributed by atoms with Gasteiger partial charge in [0.2, 0.25) is 5.95 Å². The number of benzene rings is 1. The van der Waals surface area contributed by atoms with Crippen molar-refractivity contribution in [3.05, 3.63) is 52.8 Å². The molecule has 1 N–H and O–H groups in total. The smallest absolute Gasteiger partial charge is 0.347 e.